The van der Waals surface area contributed by atoms with Crippen LogP contribution in [0.25, 0.3) is 0 Å². The van der Waals surface area contributed by atoms with Gasteiger partial charge in [0.2, 0.25) is 5.91 Å². The smallest absolute Gasteiger partial charge is 0.257 e. The Balaban J connectivity index is 1.93. The Hall–Kier alpha value is -3.32. The molecule has 4 rings (SSSR count). The normalized spacial score (nSPS) is 15.8. The fourth-order valence-electron chi connectivity index (χ4n) is 4.34. The highest BCUT2D eigenvalue weighted by molar-refractivity contribution is 6.30. The Morgan fingerprint density at radius 2 is 1.91 bits per heavy atom. The van der Waals surface area contributed by atoms with Gasteiger partial charge in [-0.3, -0.25) is 14.6 Å². The number of hydrogen-bond donors (Lipinski definition) is 1. The summed E-state index contributed by atoms with van der Waals surface area (Å²) in [4.78, 5) is 31.9. The summed E-state index contributed by atoms with van der Waals surface area (Å²) >= 11 is 6.10. The molecule has 2 N–H and O–H groups in total. The standard InChI is InChI=1S/C24H20ClF2N3O2/c1-13-15(6-4-10-29-13)24(32)30(22(23(28)31)17-5-2-3-7-19(17)26)21-9-8-16-18(21)11-14(25)12-20(16)27/h2-7,10-12,21-22H,8-9H2,1H3,(H2,28,31)/t21-,22-/m1/s1. The number of halogens is 3. The van der Waals surface area contributed by atoms with Gasteiger partial charge in [0.15, 0.2) is 0 Å². The molecule has 3 aromatic rings. The van der Waals surface area contributed by atoms with Gasteiger partial charge in [0.05, 0.1) is 11.6 Å². The van der Waals surface area contributed by atoms with Crippen molar-refractivity contribution >= 4 is 23.4 Å². The minimum absolute atomic E-state index is 0.0363. The molecule has 1 aromatic heterocycles. The molecule has 0 spiro atoms. The molecule has 1 aliphatic carbocycles. The Labute approximate surface area is 188 Å². The lowest BCUT2D eigenvalue weighted by atomic mass is 9.97. The van der Waals surface area contributed by atoms with E-state index in [0.717, 1.165) is 0 Å². The summed E-state index contributed by atoms with van der Waals surface area (Å²) in [6.45, 7) is 1.66. The van der Waals surface area contributed by atoms with Crippen LogP contribution >= 0.6 is 11.6 Å². The third-order valence-corrected chi connectivity index (χ3v) is 5.99. The number of amides is 2. The zero-order valence-corrected chi connectivity index (χ0v) is 17.9. The molecule has 1 heterocycles. The van der Waals surface area contributed by atoms with Gasteiger partial charge >= 0.3 is 0 Å². The second kappa shape index (κ2) is 8.67. The number of aromatic nitrogens is 1. The van der Waals surface area contributed by atoms with Crippen LogP contribution in [0, 0.1) is 18.6 Å². The number of nitrogens with zero attached hydrogens (tertiary/aromatic N) is 2. The molecule has 0 unspecified atom stereocenters. The lowest BCUT2D eigenvalue weighted by molar-refractivity contribution is -0.123. The largest absolute Gasteiger partial charge is 0.368 e. The van der Waals surface area contributed by atoms with Crippen molar-refractivity contribution in [2.75, 3.05) is 0 Å². The number of nitrogens with two attached hydrogens (primary N) is 1. The van der Waals surface area contributed by atoms with Crippen molar-refractivity contribution in [1.29, 1.82) is 0 Å². The highest BCUT2D eigenvalue weighted by atomic mass is 35.5. The van der Waals surface area contributed by atoms with E-state index in [0.29, 0.717) is 29.7 Å². The first-order chi connectivity index (χ1) is 15.3. The number of fused-ring (bicyclic) bond motifs is 1. The molecule has 5 nitrogen and oxygen atoms in total. The molecule has 0 radical (unpaired) electrons. The van der Waals surface area contributed by atoms with Crippen molar-refractivity contribution in [3.63, 3.8) is 0 Å². The summed E-state index contributed by atoms with van der Waals surface area (Å²) in [7, 11) is 0. The minimum atomic E-state index is -1.42. The number of benzene rings is 2. The first-order valence-corrected chi connectivity index (χ1v) is 10.4. The van der Waals surface area contributed by atoms with Gasteiger partial charge in [-0.2, -0.15) is 0 Å². The molecule has 0 bridgehead atoms. The zero-order chi connectivity index (χ0) is 23.0. The number of carbonyl (C=O) groups excluding carboxylic acids is 2. The van der Waals surface area contributed by atoms with Crippen LogP contribution in [0.2, 0.25) is 5.02 Å². The quantitative estimate of drug-likeness (QED) is 0.607. The molecule has 32 heavy (non-hydrogen) atoms. The van der Waals surface area contributed by atoms with Crippen LogP contribution in [0.15, 0.2) is 54.7 Å². The molecule has 2 atom stereocenters. The summed E-state index contributed by atoms with van der Waals surface area (Å²) in [6, 6.07) is 9.46. The van der Waals surface area contributed by atoms with Gasteiger partial charge in [0, 0.05) is 22.5 Å². The van der Waals surface area contributed by atoms with Crippen molar-refractivity contribution in [2.24, 2.45) is 5.73 Å². The van der Waals surface area contributed by atoms with E-state index in [4.69, 9.17) is 17.3 Å². The van der Waals surface area contributed by atoms with E-state index in [1.54, 1.807) is 37.4 Å². The molecule has 0 aliphatic heterocycles. The van der Waals surface area contributed by atoms with E-state index in [1.165, 1.54) is 29.2 Å². The topological polar surface area (TPSA) is 76.3 Å². The molecule has 164 valence electrons. The van der Waals surface area contributed by atoms with E-state index in [9.17, 15) is 18.4 Å². The monoisotopic (exact) mass is 455 g/mol. The third-order valence-electron chi connectivity index (χ3n) is 5.78. The number of primary amides is 1. The number of aryl methyl sites for hydroxylation is 1. The zero-order valence-electron chi connectivity index (χ0n) is 17.2. The molecule has 0 fully saturated rings. The molecule has 2 aromatic carbocycles. The fraction of sp³-hybridized carbons (Fsp3) is 0.208. The third kappa shape index (κ3) is 3.84. The van der Waals surface area contributed by atoms with Crippen molar-refractivity contribution in [1.82, 2.24) is 9.88 Å². The Morgan fingerprint density at radius 3 is 2.59 bits per heavy atom. The van der Waals surface area contributed by atoms with Crippen LogP contribution in [-0.2, 0) is 11.2 Å². The van der Waals surface area contributed by atoms with Crippen LogP contribution in [-0.4, -0.2) is 21.7 Å². The van der Waals surface area contributed by atoms with Crippen LogP contribution in [0.4, 0.5) is 8.78 Å². The first-order valence-electron chi connectivity index (χ1n) is 10.1. The Morgan fingerprint density at radius 1 is 1.16 bits per heavy atom. The van der Waals surface area contributed by atoms with Crippen LogP contribution in [0.3, 0.4) is 0 Å². The number of carbonyl (C=O) groups is 2. The van der Waals surface area contributed by atoms with E-state index in [2.05, 4.69) is 4.98 Å². The minimum Gasteiger partial charge on any atom is -0.368 e. The second-order valence-electron chi connectivity index (χ2n) is 7.69. The van der Waals surface area contributed by atoms with Crippen LogP contribution in [0.5, 0.6) is 0 Å². The van der Waals surface area contributed by atoms with Crippen LogP contribution in [0.1, 0.15) is 51.2 Å². The molecule has 0 saturated heterocycles. The fourth-order valence-corrected chi connectivity index (χ4v) is 4.55. The van der Waals surface area contributed by atoms with Crippen molar-refractivity contribution in [3.8, 4) is 0 Å². The highest BCUT2D eigenvalue weighted by Gasteiger charge is 2.41. The summed E-state index contributed by atoms with van der Waals surface area (Å²) < 4.78 is 29.4. The van der Waals surface area contributed by atoms with Gasteiger partial charge in [-0.25, -0.2) is 8.78 Å². The molecule has 8 heteroatoms. The van der Waals surface area contributed by atoms with Gasteiger partial charge in [0.25, 0.3) is 5.91 Å². The lowest BCUT2D eigenvalue weighted by Gasteiger charge is -2.36. The average molecular weight is 456 g/mol. The molecule has 2 amide bonds. The predicted molar refractivity (Wildman–Crippen MR) is 116 cm³/mol. The van der Waals surface area contributed by atoms with Crippen molar-refractivity contribution in [2.45, 2.75) is 31.8 Å². The van der Waals surface area contributed by atoms with Crippen LogP contribution < -0.4 is 5.73 Å². The highest BCUT2D eigenvalue weighted by Crippen LogP contribution is 2.43. The second-order valence-corrected chi connectivity index (χ2v) is 8.12. The van der Waals surface area contributed by atoms with Gasteiger partial charge in [0.1, 0.15) is 17.7 Å². The predicted octanol–water partition coefficient (Wildman–Crippen LogP) is 4.68. The Bertz CT molecular complexity index is 1220. The van der Waals surface area contributed by atoms with Gasteiger partial charge in [-0.1, -0.05) is 29.8 Å². The molecule has 1 aliphatic rings. The van der Waals surface area contributed by atoms with Crippen molar-refractivity contribution < 1.29 is 18.4 Å². The van der Waals surface area contributed by atoms with Gasteiger partial charge < -0.3 is 10.6 Å². The molecule has 0 saturated carbocycles. The maximum absolute atomic E-state index is 14.8. The van der Waals surface area contributed by atoms with Gasteiger partial charge in [-0.15, -0.1) is 0 Å². The molecular formula is C24H20ClF2N3O2. The van der Waals surface area contributed by atoms with Crippen molar-refractivity contribution in [3.05, 3.63) is 99.3 Å². The van der Waals surface area contributed by atoms with Gasteiger partial charge in [-0.05, 0) is 61.2 Å². The van der Waals surface area contributed by atoms with E-state index in [-0.39, 0.29) is 16.1 Å². The van der Waals surface area contributed by atoms with E-state index >= 15 is 0 Å². The van der Waals surface area contributed by atoms with E-state index in [1.807, 2.05) is 0 Å². The molecular weight excluding hydrogens is 436 g/mol. The number of rotatable bonds is 5. The number of pyridine rings is 1. The summed E-state index contributed by atoms with van der Waals surface area (Å²) in [5.41, 5.74) is 7.26. The first kappa shape index (κ1) is 21.9. The lowest BCUT2D eigenvalue weighted by Crippen LogP contribution is -2.44. The summed E-state index contributed by atoms with van der Waals surface area (Å²) in [5.74, 6) is -2.61. The average Bonchev–Trinajstić information content (AvgIpc) is 3.16. The maximum Gasteiger partial charge on any atom is 0.257 e. The van der Waals surface area contributed by atoms with E-state index < -0.39 is 35.5 Å². The summed E-state index contributed by atoms with van der Waals surface area (Å²) in [5, 5.41) is 0.166. The Kier molecular flexibility index (Phi) is 5.93. The number of hydrogen-bond acceptors (Lipinski definition) is 3. The maximum atomic E-state index is 14.8. The summed E-state index contributed by atoms with van der Waals surface area (Å²) in [6.07, 6.45) is 2.20. The SMILES string of the molecule is Cc1ncccc1C(=O)N([C@@H]1CCc2c(F)cc(Cl)cc21)[C@@H](C(N)=O)c1ccccc1F.